The van der Waals surface area contributed by atoms with Crippen LogP contribution in [0, 0.1) is 11.3 Å². The highest BCUT2D eigenvalue weighted by Gasteiger charge is 2.44. The molecule has 0 saturated heterocycles. The summed E-state index contributed by atoms with van der Waals surface area (Å²) in [6.07, 6.45) is -5.69. The van der Waals surface area contributed by atoms with Gasteiger partial charge in [0, 0.05) is 29.8 Å². The highest BCUT2D eigenvalue weighted by molar-refractivity contribution is 5.49. The van der Waals surface area contributed by atoms with E-state index in [1.165, 1.54) is 18.5 Å². The second-order valence-corrected chi connectivity index (χ2v) is 5.15. The summed E-state index contributed by atoms with van der Waals surface area (Å²) in [4.78, 5) is 7.04. The number of nitriles is 1. The van der Waals surface area contributed by atoms with E-state index in [1.807, 2.05) is 6.07 Å². The molecule has 0 aromatic carbocycles. The van der Waals surface area contributed by atoms with E-state index in [0.717, 1.165) is 6.20 Å². The smallest absolute Gasteiger partial charge is 0.433 e. The van der Waals surface area contributed by atoms with E-state index in [-0.39, 0.29) is 22.6 Å². The zero-order valence-corrected chi connectivity index (χ0v) is 11.9. The van der Waals surface area contributed by atoms with E-state index in [4.69, 9.17) is 10.00 Å². The molecule has 9 heteroatoms. The van der Waals surface area contributed by atoms with Crippen LogP contribution >= 0.6 is 0 Å². The number of hydrogen-bond acceptors (Lipinski definition) is 5. The number of aliphatic hydroxyl groups is 1. The number of alkyl halides is 4. The molecule has 1 aliphatic rings. The molecule has 5 nitrogen and oxygen atoms in total. The van der Waals surface area contributed by atoms with Crippen LogP contribution in [0.4, 0.5) is 17.6 Å². The molecular weight excluding hydrogens is 330 g/mol. The Morgan fingerprint density at radius 3 is 2.71 bits per heavy atom. The quantitative estimate of drug-likeness (QED) is 0.851. The molecule has 124 valence electrons. The Morgan fingerprint density at radius 2 is 2.04 bits per heavy atom. The van der Waals surface area contributed by atoms with E-state index in [1.54, 1.807) is 0 Å². The zero-order valence-electron chi connectivity index (χ0n) is 11.9. The van der Waals surface area contributed by atoms with Gasteiger partial charge in [-0.3, -0.25) is 4.98 Å². The normalized spacial score (nSPS) is 19.7. The number of aromatic nitrogens is 2. The number of ether oxygens (including phenoxy) is 1. The Balaban J connectivity index is 2.06. The van der Waals surface area contributed by atoms with Gasteiger partial charge in [0.2, 0.25) is 0 Å². The first-order chi connectivity index (χ1) is 11.3. The Hall–Kier alpha value is -2.73. The van der Waals surface area contributed by atoms with Crippen molar-refractivity contribution in [3.05, 3.63) is 47.0 Å². The number of nitrogens with zero attached hydrogens (tertiary/aromatic N) is 3. The second-order valence-electron chi connectivity index (χ2n) is 5.15. The van der Waals surface area contributed by atoms with Gasteiger partial charge in [-0.05, 0) is 0 Å². The summed E-state index contributed by atoms with van der Waals surface area (Å²) in [5, 5.41) is 18.6. The molecule has 1 N–H and O–H groups in total. The van der Waals surface area contributed by atoms with Crippen LogP contribution in [0.2, 0.25) is 0 Å². The van der Waals surface area contributed by atoms with Crippen LogP contribution < -0.4 is 4.74 Å². The SMILES string of the molecule is N#Cc1cncc(Oc2cnc(C(F)(F)F)c3c2CC(F)C3O)c1. The monoisotopic (exact) mass is 339 g/mol. The van der Waals surface area contributed by atoms with E-state index in [9.17, 15) is 22.7 Å². The van der Waals surface area contributed by atoms with E-state index >= 15 is 0 Å². The Labute approximate surface area is 133 Å². The number of pyridine rings is 2. The largest absolute Gasteiger partial charge is 0.454 e. The Kier molecular flexibility index (Phi) is 3.85. The predicted octanol–water partition coefficient (Wildman–Crippen LogP) is 3.09. The van der Waals surface area contributed by atoms with Gasteiger partial charge in [-0.1, -0.05) is 0 Å². The van der Waals surface area contributed by atoms with Crippen molar-refractivity contribution in [1.29, 1.82) is 5.26 Å². The number of hydrogen-bond donors (Lipinski definition) is 1. The summed E-state index contributed by atoms with van der Waals surface area (Å²) < 4.78 is 58.2. The number of halogens is 4. The molecule has 2 unspecified atom stereocenters. The molecule has 0 bridgehead atoms. The van der Waals surface area contributed by atoms with Crippen LogP contribution in [-0.4, -0.2) is 21.2 Å². The minimum Gasteiger partial charge on any atom is -0.454 e. The Morgan fingerprint density at radius 1 is 1.29 bits per heavy atom. The number of aliphatic hydroxyl groups excluding tert-OH is 1. The third-order valence-corrected chi connectivity index (χ3v) is 3.56. The van der Waals surface area contributed by atoms with Crippen LogP contribution in [-0.2, 0) is 12.6 Å². The maximum atomic E-state index is 13.8. The van der Waals surface area contributed by atoms with Gasteiger partial charge in [-0.25, -0.2) is 9.37 Å². The first-order valence-electron chi connectivity index (χ1n) is 6.75. The predicted molar refractivity (Wildman–Crippen MR) is 71.8 cm³/mol. The van der Waals surface area contributed by atoms with Crippen LogP contribution in [0.5, 0.6) is 11.5 Å². The molecule has 0 spiro atoms. The van der Waals surface area contributed by atoms with Gasteiger partial charge in [-0.2, -0.15) is 18.4 Å². The number of rotatable bonds is 2. The highest BCUT2D eigenvalue weighted by atomic mass is 19.4. The molecule has 1 aliphatic carbocycles. The first-order valence-corrected chi connectivity index (χ1v) is 6.75. The van der Waals surface area contributed by atoms with E-state index in [2.05, 4.69) is 9.97 Å². The molecule has 0 amide bonds. The maximum absolute atomic E-state index is 13.8. The van der Waals surface area contributed by atoms with Crippen molar-refractivity contribution in [2.24, 2.45) is 0 Å². The standard InChI is InChI=1S/C15H9F4N3O2/c16-10-2-9-11(24-8-1-7(3-20)4-21-5-8)6-22-14(15(17,18)19)12(9)13(10)23/h1,4-6,10,13,23H,2H2. The third-order valence-electron chi connectivity index (χ3n) is 3.56. The van der Waals surface area contributed by atoms with Crippen molar-refractivity contribution >= 4 is 0 Å². The summed E-state index contributed by atoms with van der Waals surface area (Å²) in [5.41, 5.74) is -1.86. The fourth-order valence-electron chi connectivity index (χ4n) is 2.54. The molecule has 2 aromatic rings. The molecule has 0 radical (unpaired) electrons. The Bertz CT molecular complexity index is 832. The van der Waals surface area contributed by atoms with Crippen LogP contribution in [0.25, 0.3) is 0 Å². The molecule has 24 heavy (non-hydrogen) atoms. The molecule has 0 saturated carbocycles. The summed E-state index contributed by atoms with van der Waals surface area (Å²) in [6, 6.07) is 3.17. The zero-order chi connectivity index (χ0) is 17.5. The minimum atomic E-state index is -4.82. The van der Waals surface area contributed by atoms with Crippen molar-refractivity contribution in [2.75, 3.05) is 0 Å². The van der Waals surface area contributed by atoms with Crippen LogP contribution in [0.1, 0.15) is 28.5 Å². The van der Waals surface area contributed by atoms with Crippen molar-refractivity contribution in [3.63, 3.8) is 0 Å². The van der Waals surface area contributed by atoms with Crippen molar-refractivity contribution in [2.45, 2.75) is 24.9 Å². The highest BCUT2D eigenvalue weighted by Crippen LogP contribution is 2.45. The van der Waals surface area contributed by atoms with Gasteiger partial charge < -0.3 is 9.84 Å². The summed E-state index contributed by atoms with van der Waals surface area (Å²) in [5.74, 6) is -0.0244. The molecular formula is C15H9F4N3O2. The molecule has 0 fully saturated rings. The van der Waals surface area contributed by atoms with Gasteiger partial charge in [-0.15, -0.1) is 0 Å². The average molecular weight is 339 g/mol. The van der Waals surface area contributed by atoms with Crippen LogP contribution in [0.15, 0.2) is 24.7 Å². The summed E-state index contributed by atoms with van der Waals surface area (Å²) >= 11 is 0. The van der Waals surface area contributed by atoms with Gasteiger partial charge in [0.25, 0.3) is 0 Å². The van der Waals surface area contributed by atoms with Crippen molar-refractivity contribution in [3.8, 4) is 17.6 Å². The lowest BCUT2D eigenvalue weighted by molar-refractivity contribution is -0.143. The van der Waals surface area contributed by atoms with Gasteiger partial charge >= 0.3 is 6.18 Å². The molecule has 3 rings (SSSR count). The number of fused-ring (bicyclic) bond motifs is 1. The first kappa shape index (κ1) is 16.1. The van der Waals surface area contributed by atoms with Crippen molar-refractivity contribution < 1.29 is 27.4 Å². The maximum Gasteiger partial charge on any atom is 0.433 e. The lowest BCUT2D eigenvalue weighted by Gasteiger charge is -2.16. The van der Waals surface area contributed by atoms with Gasteiger partial charge in [0.1, 0.15) is 29.8 Å². The fourth-order valence-corrected chi connectivity index (χ4v) is 2.54. The molecule has 2 aromatic heterocycles. The molecule has 2 heterocycles. The van der Waals surface area contributed by atoms with Gasteiger partial charge in [0.05, 0.1) is 18.0 Å². The summed E-state index contributed by atoms with van der Waals surface area (Å²) in [7, 11) is 0. The van der Waals surface area contributed by atoms with E-state index < -0.39 is 36.1 Å². The average Bonchev–Trinajstić information content (AvgIpc) is 2.83. The summed E-state index contributed by atoms with van der Waals surface area (Å²) in [6.45, 7) is 0. The van der Waals surface area contributed by atoms with Crippen molar-refractivity contribution in [1.82, 2.24) is 9.97 Å². The second kappa shape index (κ2) is 5.72. The topological polar surface area (TPSA) is 79.0 Å². The van der Waals surface area contributed by atoms with E-state index in [0.29, 0.717) is 0 Å². The lowest BCUT2D eigenvalue weighted by atomic mass is 10.1. The molecule has 0 aliphatic heterocycles. The van der Waals surface area contributed by atoms with Crippen LogP contribution in [0.3, 0.4) is 0 Å². The fraction of sp³-hybridized carbons (Fsp3) is 0.267. The molecule has 2 atom stereocenters. The van der Waals surface area contributed by atoms with Gasteiger partial charge in [0.15, 0.2) is 5.69 Å². The third kappa shape index (κ3) is 2.76. The lowest BCUT2D eigenvalue weighted by Crippen LogP contribution is -2.15. The minimum absolute atomic E-state index is 0.0922.